The summed E-state index contributed by atoms with van der Waals surface area (Å²) in [6, 6.07) is 15.0. The van der Waals surface area contributed by atoms with E-state index in [0.717, 1.165) is 30.6 Å². The summed E-state index contributed by atoms with van der Waals surface area (Å²) < 4.78 is 12.2. The van der Waals surface area contributed by atoms with Gasteiger partial charge >= 0.3 is 0 Å². The van der Waals surface area contributed by atoms with Gasteiger partial charge in [0.2, 0.25) is 0 Å². The summed E-state index contributed by atoms with van der Waals surface area (Å²) in [6.07, 6.45) is 2.51. The lowest BCUT2D eigenvalue weighted by Crippen LogP contribution is -2.47. The molecule has 1 aliphatic rings. The molecular weight excluding hydrogens is 374 g/mol. The molecular formula is C23H28ClNO3. The molecule has 1 amide bonds. The minimum Gasteiger partial charge on any atom is -0.487 e. The number of hydrogen-bond donors (Lipinski definition) is 1. The lowest BCUT2D eigenvalue weighted by atomic mass is 9.83. The zero-order valence-electron chi connectivity index (χ0n) is 16.7. The zero-order valence-corrected chi connectivity index (χ0v) is 17.5. The van der Waals surface area contributed by atoms with E-state index in [2.05, 4.69) is 19.2 Å². The number of ether oxygens (including phenoxy) is 2. The van der Waals surface area contributed by atoms with Gasteiger partial charge in [0.1, 0.15) is 17.1 Å². The molecule has 4 nitrogen and oxygen atoms in total. The highest BCUT2D eigenvalue weighted by Crippen LogP contribution is 2.42. The molecule has 0 unspecified atom stereocenters. The average molecular weight is 402 g/mol. The van der Waals surface area contributed by atoms with Crippen LogP contribution in [0, 0.1) is 0 Å². The summed E-state index contributed by atoms with van der Waals surface area (Å²) in [5.41, 5.74) is 0.757. The van der Waals surface area contributed by atoms with Gasteiger partial charge in [-0.25, -0.2) is 0 Å². The Hall–Kier alpha value is -2.20. The van der Waals surface area contributed by atoms with Gasteiger partial charge in [-0.05, 0) is 43.5 Å². The summed E-state index contributed by atoms with van der Waals surface area (Å²) in [5, 5.41) is 3.79. The number of fused-ring (bicyclic) bond motifs is 1. The van der Waals surface area contributed by atoms with E-state index in [1.807, 2.05) is 43.3 Å². The van der Waals surface area contributed by atoms with Gasteiger partial charge in [-0.2, -0.15) is 0 Å². The molecule has 1 heterocycles. The molecule has 0 fully saturated rings. The van der Waals surface area contributed by atoms with Crippen LogP contribution in [-0.4, -0.2) is 17.6 Å². The van der Waals surface area contributed by atoms with Crippen molar-refractivity contribution in [3.05, 3.63) is 59.1 Å². The quantitative estimate of drug-likeness (QED) is 0.647. The summed E-state index contributed by atoms with van der Waals surface area (Å²) in [4.78, 5) is 13.0. The summed E-state index contributed by atoms with van der Waals surface area (Å²) in [5.74, 6) is 1.33. The molecule has 150 valence electrons. The van der Waals surface area contributed by atoms with Gasteiger partial charge in [0.15, 0.2) is 6.10 Å². The van der Waals surface area contributed by atoms with Crippen molar-refractivity contribution in [1.82, 2.24) is 5.32 Å². The second-order valence-corrected chi connectivity index (χ2v) is 7.70. The predicted octanol–water partition coefficient (Wildman–Crippen LogP) is 5.70. The summed E-state index contributed by atoms with van der Waals surface area (Å²) in [6.45, 7) is 6.20. The van der Waals surface area contributed by atoms with Gasteiger partial charge < -0.3 is 14.8 Å². The molecule has 0 saturated heterocycles. The minimum atomic E-state index is -0.578. The van der Waals surface area contributed by atoms with Crippen molar-refractivity contribution in [2.45, 2.75) is 64.2 Å². The minimum absolute atomic E-state index is 0.102. The highest BCUT2D eigenvalue weighted by Gasteiger charge is 2.39. The standard InChI is InChI=1S/C23H28ClNO3/c1-4-20(27-17-11-9-10-16(24)14-17)22(26)25-19-15-23(5-2,6-3)28-21-13-8-7-12-18(19)21/h7-14,19-20H,4-6,15H2,1-3H3,(H,25,26)/t19-,20+/m1/s1. The third-order valence-electron chi connectivity index (χ3n) is 5.54. The summed E-state index contributed by atoms with van der Waals surface area (Å²) in [7, 11) is 0. The van der Waals surface area contributed by atoms with Crippen molar-refractivity contribution >= 4 is 17.5 Å². The van der Waals surface area contributed by atoms with E-state index >= 15 is 0 Å². The Morgan fingerprint density at radius 2 is 1.96 bits per heavy atom. The number of rotatable bonds is 7. The van der Waals surface area contributed by atoms with Gasteiger partial charge in [0, 0.05) is 17.0 Å². The third kappa shape index (κ3) is 4.44. The molecule has 0 spiro atoms. The number of nitrogens with one attached hydrogen (secondary N) is 1. The highest BCUT2D eigenvalue weighted by atomic mass is 35.5. The first-order valence-electron chi connectivity index (χ1n) is 10.0. The molecule has 2 atom stereocenters. The second kappa shape index (κ2) is 8.87. The monoisotopic (exact) mass is 401 g/mol. The Labute approximate surface area is 172 Å². The first-order chi connectivity index (χ1) is 13.5. The lowest BCUT2D eigenvalue weighted by molar-refractivity contribution is -0.129. The zero-order chi connectivity index (χ0) is 20.1. The van der Waals surface area contributed by atoms with E-state index in [-0.39, 0.29) is 17.6 Å². The smallest absolute Gasteiger partial charge is 0.261 e. The molecule has 0 radical (unpaired) electrons. The Morgan fingerprint density at radius 1 is 1.21 bits per heavy atom. The van der Waals surface area contributed by atoms with Crippen LogP contribution in [0.4, 0.5) is 0 Å². The van der Waals surface area contributed by atoms with E-state index in [1.165, 1.54) is 0 Å². The van der Waals surface area contributed by atoms with Gasteiger partial charge in [-0.15, -0.1) is 0 Å². The van der Waals surface area contributed by atoms with Crippen LogP contribution in [0.3, 0.4) is 0 Å². The molecule has 2 aromatic rings. The molecule has 0 aliphatic carbocycles. The Morgan fingerprint density at radius 3 is 2.64 bits per heavy atom. The van der Waals surface area contributed by atoms with Crippen LogP contribution in [0.1, 0.15) is 58.1 Å². The molecule has 1 aliphatic heterocycles. The number of amides is 1. The van der Waals surface area contributed by atoms with E-state index in [0.29, 0.717) is 17.2 Å². The van der Waals surface area contributed by atoms with E-state index in [1.54, 1.807) is 12.1 Å². The van der Waals surface area contributed by atoms with Crippen LogP contribution in [0.15, 0.2) is 48.5 Å². The van der Waals surface area contributed by atoms with E-state index < -0.39 is 6.10 Å². The van der Waals surface area contributed by atoms with Crippen molar-refractivity contribution in [3.63, 3.8) is 0 Å². The average Bonchev–Trinajstić information content (AvgIpc) is 2.71. The largest absolute Gasteiger partial charge is 0.487 e. The molecule has 2 aromatic carbocycles. The number of hydrogen-bond acceptors (Lipinski definition) is 3. The number of carbonyl (C=O) groups is 1. The first-order valence-corrected chi connectivity index (χ1v) is 10.4. The SMILES string of the molecule is CC[C@H](Oc1cccc(Cl)c1)C(=O)N[C@@H]1CC(CC)(CC)Oc2ccccc21. The Balaban J connectivity index is 1.79. The lowest BCUT2D eigenvalue weighted by Gasteiger charge is -2.42. The van der Waals surface area contributed by atoms with Crippen molar-refractivity contribution < 1.29 is 14.3 Å². The number of para-hydroxylation sites is 1. The van der Waals surface area contributed by atoms with Crippen molar-refractivity contribution in [3.8, 4) is 11.5 Å². The van der Waals surface area contributed by atoms with Crippen LogP contribution in [0.2, 0.25) is 5.02 Å². The van der Waals surface area contributed by atoms with Crippen LogP contribution < -0.4 is 14.8 Å². The molecule has 3 rings (SSSR count). The van der Waals surface area contributed by atoms with Gasteiger partial charge in [0.05, 0.1) is 6.04 Å². The summed E-state index contributed by atoms with van der Waals surface area (Å²) >= 11 is 6.03. The maximum absolute atomic E-state index is 13.0. The van der Waals surface area contributed by atoms with Crippen LogP contribution in [-0.2, 0) is 4.79 Å². The molecule has 1 N–H and O–H groups in total. The molecule has 0 aromatic heterocycles. The molecule has 0 saturated carbocycles. The van der Waals surface area contributed by atoms with Crippen molar-refractivity contribution in [2.75, 3.05) is 0 Å². The number of carbonyl (C=O) groups excluding carboxylic acids is 1. The highest BCUT2D eigenvalue weighted by molar-refractivity contribution is 6.30. The number of benzene rings is 2. The topological polar surface area (TPSA) is 47.6 Å². The van der Waals surface area contributed by atoms with Crippen LogP contribution in [0.25, 0.3) is 0 Å². The van der Waals surface area contributed by atoms with Gasteiger partial charge in [-0.3, -0.25) is 4.79 Å². The van der Waals surface area contributed by atoms with Gasteiger partial charge in [0.25, 0.3) is 5.91 Å². The molecule has 28 heavy (non-hydrogen) atoms. The maximum Gasteiger partial charge on any atom is 0.261 e. The Bertz CT molecular complexity index is 819. The van der Waals surface area contributed by atoms with Crippen molar-refractivity contribution in [2.24, 2.45) is 0 Å². The molecule has 0 bridgehead atoms. The Kier molecular flexibility index (Phi) is 6.50. The van der Waals surface area contributed by atoms with Crippen LogP contribution in [0.5, 0.6) is 11.5 Å². The van der Waals surface area contributed by atoms with E-state index in [4.69, 9.17) is 21.1 Å². The fraction of sp³-hybridized carbons (Fsp3) is 0.435. The van der Waals surface area contributed by atoms with Crippen LogP contribution >= 0.6 is 11.6 Å². The van der Waals surface area contributed by atoms with Gasteiger partial charge in [-0.1, -0.05) is 56.6 Å². The fourth-order valence-electron chi connectivity index (χ4n) is 3.72. The van der Waals surface area contributed by atoms with E-state index in [9.17, 15) is 4.79 Å². The number of halogens is 1. The van der Waals surface area contributed by atoms with Crippen molar-refractivity contribution in [1.29, 1.82) is 0 Å². The normalized spacial score (nSPS) is 18.5. The maximum atomic E-state index is 13.0. The second-order valence-electron chi connectivity index (χ2n) is 7.27. The first kappa shape index (κ1) is 20.5. The predicted molar refractivity (Wildman–Crippen MR) is 112 cm³/mol. The third-order valence-corrected chi connectivity index (χ3v) is 5.77. The molecule has 5 heteroatoms. The fourth-order valence-corrected chi connectivity index (χ4v) is 3.90.